The van der Waals surface area contributed by atoms with Crippen LogP contribution in [0.5, 0.6) is 0 Å². The first-order valence-electron chi connectivity index (χ1n) is 9.18. The van der Waals surface area contributed by atoms with Gasteiger partial charge in [0.25, 0.3) is 11.8 Å². The molecule has 0 saturated carbocycles. The molecule has 1 aliphatic rings. The van der Waals surface area contributed by atoms with Crippen molar-refractivity contribution in [1.29, 1.82) is 0 Å². The minimum atomic E-state index is -0.826. The SMILES string of the molecule is CCc1ccc(-c2nn(-c3ccccc3)cc2C=C2C(=O)NC(=O)NC2=O)cc1. The first-order chi connectivity index (χ1) is 14.0. The van der Waals surface area contributed by atoms with E-state index in [-0.39, 0.29) is 5.57 Å². The number of aryl methyl sites for hydroxylation is 1. The summed E-state index contributed by atoms with van der Waals surface area (Å²) in [6.45, 7) is 2.08. The van der Waals surface area contributed by atoms with Gasteiger partial charge in [-0.3, -0.25) is 20.2 Å². The summed E-state index contributed by atoms with van der Waals surface area (Å²) in [5, 5.41) is 8.85. The summed E-state index contributed by atoms with van der Waals surface area (Å²) in [6, 6.07) is 16.7. The summed E-state index contributed by atoms with van der Waals surface area (Å²) in [4.78, 5) is 35.6. The van der Waals surface area contributed by atoms with Crippen molar-refractivity contribution in [2.24, 2.45) is 0 Å². The number of benzene rings is 2. The highest BCUT2D eigenvalue weighted by molar-refractivity contribution is 6.31. The highest BCUT2D eigenvalue weighted by Gasteiger charge is 2.28. The van der Waals surface area contributed by atoms with Gasteiger partial charge in [0.2, 0.25) is 0 Å². The van der Waals surface area contributed by atoms with Crippen LogP contribution in [0.25, 0.3) is 23.0 Å². The lowest BCUT2D eigenvalue weighted by Crippen LogP contribution is -2.51. The number of imide groups is 2. The molecular weight excluding hydrogens is 368 g/mol. The molecule has 7 nitrogen and oxygen atoms in total. The predicted molar refractivity (Wildman–Crippen MR) is 108 cm³/mol. The Hall–Kier alpha value is -4.00. The Morgan fingerprint density at radius 1 is 0.931 bits per heavy atom. The number of urea groups is 1. The maximum absolute atomic E-state index is 12.1. The van der Waals surface area contributed by atoms with Crippen molar-refractivity contribution >= 4 is 23.9 Å². The van der Waals surface area contributed by atoms with E-state index in [1.54, 1.807) is 10.9 Å². The van der Waals surface area contributed by atoms with Crippen molar-refractivity contribution in [1.82, 2.24) is 20.4 Å². The summed E-state index contributed by atoms with van der Waals surface area (Å²) in [7, 11) is 0. The lowest BCUT2D eigenvalue weighted by atomic mass is 10.0. The van der Waals surface area contributed by atoms with Crippen LogP contribution < -0.4 is 10.6 Å². The van der Waals surface area contributed by atoms with E-state index in [1.165, 1.54) is 11.6 Å². The Bertz CT molecular complexity index is 1110. The van der Waals surface area contributed by atoms with Crippen LogP contribution in [0.4, 0.5) is 4.79 Å². The molecule has 7 heteroatoms. The van der Waals surface area contributed by atoms with Gasteiger partial charge in [-0.2, -0.15) is 5.10 Å². The zero-order chi connectivity index (χ0) is 20.4. The van der Waals surface area contributed by atoms with Gasteiger partial charge in [0, 0.05) is 17.3 Å². The maximum Gasteiger partial charge on any atom is 0.328 e. The van der Waals surface area contributed by atoms with Crippen LogP contribution in [0.15, 0.2) is 66.4 Å². The molecule has 2 aromatic carbocycles. The molecule has 0 atom stereocenters. The van der Waals surface area contributed by atoms with Gasteiger partial charge in [-0.05, 0) is 30.2 Å². The van der Waals surface area contributed by atoms with E-state index >= 15 is 0 Å². The van der Waals surface area contributed by atoms with Crippen molar-refractivity contribution < 1.29 is 14.4 Å². The third kappa shape index (κ3) is 3.70. The fraction of sp³-hybridized carbons (Fsp3) is 0.0909. The Kier molecular flexibility index (Phi) is 4.78. The quantitative estimate of drug-likeness (QED) is 0.533. The van der Waals surface area contributed by atoms with Crippen molar-refractivity contribution in [3.63, 3.8) is 0 Å². The van der Waals surface area contributed by atoms with E-state index in [2.05, 4.69) is 22.7 Å². The second kappa shape index (κ2) is 7.55. The second-order valence-electron chi connectivity index (χ2n) is 6.56. The topological polar surface area (TPSA) is 93.1 Å². The van der Waals surface area contributed by atoms with Crippen LogP contribution in [0.2, 0.25) is 0 Å². The van der Waals surface area contributed by atoms with Crippen LogP contribution >= 0.6 is 0 Å². The first kappa shape index (κ1) is 18.4. The zero-order valence-electron chi connectivity index (χ0n) is 15.7. The number of para-hydroxylation sites is 1. The third-order valence-corrected chi connectivity index (χ3v) is 4.64. The second-order valence-corrected chi connectivity index (χ2v) is 6.56. The molecule has 2 heterocycles. The van der Waals surface area contributed by atoms with Crippen molar-refractivity contribution in [2.75, 3.05) is 0 Å². The predicted octanol–water partition coefficient (Wildman–Crippen LogP) is 2.85. The Morgan fingerprint density at radius 3 is 2.21 bits per heavy atom. The van der Waals surface area contributed by atoms with E-state index in [1.807, 2.05) is 54.6 Å². The molecule has 0 aliphatic carbocycles. The van der Waals surface area contributed by atoms with Crippen LogP contribution in [-0.4, -0.2) is 27.6 Å². The molecule has 1 fully saturated rings. The van der Waals surface area contributed by atoms with Crippen LogP contribution in [0.1, 0.15) is 18.1 Å². The van der Waals surface area contributed by atoms with Gasteiger partial charge in [-0.15, -0.1) is 0 Å². The smallest absolute Gasteiger partial charge is 0.273 e. The van der Waals surface area contributed by atoms with Gasteiger partial charge in [0.1, 0.15) is 5.57 Å². The fourth-order valence-corrected chi connectivity index (χ4v) is 3.09. The average Bonchev–Trinajstić information content (AvgIpc) is 3.15. The lowest BCUT2D eigenvalue weighted by molar-refractivity contribution is -0.123. The number of hydrogen-bond donors (Lipinski definition) is 2. The maximum atomic E-state index is 12.1. The molecule has 0 spiro atoms. The van der Waals surface area contributed by atoms with Gasteiger partial charge in [0.05, 0.1) is 11.4 Å². The molecule has 1 saturated heterocycles. The molecule has 2 N–H and O–H groups in total. The fourth-order valence-electron chi connectivity index (χ4n) is 3.09. The number of nitrogens with one attached hydrogen (secondary N) is 2. The number of amides is 4. The standard InChI is InChI=1S/C22H18N4O3/c1-2-14-8-10-15(11-9-14)19-16(12-18-20(27)23-22(29)24-21(18)28)13-26(25-19)17-6-4-3-5-7-17/h3-13H,2H2,1H3,(H2,23,24,27,28,29). The lowest BCUT2D eigenvalue weighted by Gasteiger charge is -2.13. The molecule has 1 aromatic heterocycles. The van der Waals surface area contributed by atoms with Gasteiger partial charge < -0.3 is 0 Å². The molecule has 4 amide bonds. The van der Waals surface area contributed by atoms with E-state index in [4.69, 9.17) is 0 Å². The molecular formula is C22H18N4O3. The van der Waals surface area contributed by atoms with Crippen molar-refractivity contribution in [3.05, 3.63) is 77.5 Å². The monoisotopic (exact) mass is 386 g/mol. The van der Waals surface area contributed by atoms with E-state index in [9.17, 15) is 14.4 Å². The summed E-state index contributed by atoms with van der Waals surface area (Å²) >= 11 is 0. The van der Waals surface area contributed by atoms with E-state index < -0.39 is 17.8 Å². The third-order valence-electron chi connectivity index (χ3n) is 4.64. The normalized spacial score (nSPS) is 13.8. The number of rotatable bonds is 4. The molecule has 4 rings (SSSR count). The van der Waals surface area contributed by atoms with Crippen molar-refractivity contribution in [3.8, 4) is 16.9 Å². The summed E-state index contributed by atoms with van der Waals surface area (Å²) in [5.74, 6) is -1.48. The van der Waals surface area contributed by atoms with Gasteiger partial charge in [0.15, 0.2) is 0 Å². The number of carbonyl (C=O) groups is 3. The molecule has 1 aliphatic heterocycles. The molecule has 3 aromatic rings. The first-order valence-corrected chi connectivity index (χ1v) is 9.18. The van der Waals surface area contributed by atoms with Gasteiger partial charge in [-0.25, -0.2) is 9.48 Å². The van der Waals surface area contributed by atoms with Crippen LogP contribution in [-0.2, 0) is 16.0 Å². The molecule has 144 valence electrons. The molecule has 0 bridgehead atoms. The number of hydrogen-bond acceptors (Lipinski definition) is 4. The van der Waals surface area contributed by atoms with Crippen LogP contribution in [0, 0.1) is 0 Å². The molecule has 0 unspecified atom stereocenters. The van der Waals surface area contributed by atoms with Crippen molar-refractivity contribution in [2.45, 2.75) is 13.3 Å². The number of aromatic nitrogens is 2. The Morgan fingerprint density at radius 2 is 1.59 bits per heavy atom. The van der Waals surface area contributed by atoms with E-state index in [0.717, 1.165) is 17.7 Å². The number of barbiturate groups is 1. The highest BCUT2D eigenvalue weighted by Crippen LogP contribution is 2.26. The van der Waals surface area contributed by atoms with Gasteiger partial charge in [-0.1, -0.05) is 49.4 Å². The average molecular weight is 386 g/mol. The summed E-state index contributed by atoms with van der Waals surface area (Å²) < 4.78 is 1.69. The van der Waals surface area contributed by atoms with Gasteiger partial charge >= 0.3 is 6.03 Å². The van der Waals surface area contributed by atoms with E-state index in [0.29, 0.717) is 11.3 Å². The summed E-state index contributed by atoms with van der Waals surface area (Å²) in [5.41, 5.74) is 3.96. The largest absolute Gasteiger partial charge is 0.328 e. The zero-order valence-corrected chi connectivity index (χ0v) is 15.7. The minimum absolute atomic E-state index is 0.149. The van der Waals surface area contributed by atoms with Crippen LogP contribution in [0.3, 0.4) is 0 Å². The molecule has 29 heavy (non-hydrogen) atoms. The number of nitrogens with zero attached hydrogens (tertiary/aromatic N) is 2. The minimum Gasteiger partial charge on any atom is -0.273 e. The highest BCUT2D eigenvalue weighted by atomic mass is 16.2. The Labute approximate surface area is 167 Å². The molecule has 0 radical (unpaired) electrons. The Balaban J connectivity index is 1.84. The number of carbonyl (C=O) groups excluding carboxylic acids is 3. The summed E-state index contributed by atoms with van der Waals surface area (Å²) in [6.07, 6.45) is 4.12.